The van der Waals surface area contributed by atoms with Gasteiger partial charge in [-0.25, -0.2) is 0 Å². The van der Waals surface area contributed by atoms with Crippen molar-refractivity contribution in [1.82, 2.24) is 25.3 Å². The van der Waals surface area contributed by atoms with Gasteiger partial charge in [-0.15, -0.1) is 0 Å². The Morgan fingerprint density at radius 1 is 0.857 bits per heavy atom. The van der Waals surface area contributed by atoms with Crippen LogP contribution >= 0.6 is 0 Å². The molecule has 0 saturated heterocycles. The average Bonchev–Trinajstić information content (AvgIpc) is 3.02. The smallest absolute Gasteiger partial charge is 0.251 e. The minimum Gasteiger partial charge on any atom is -0.393 e. The summed E-state index contributed by atoms with van der Waals surface area (Å²) in [5, 5.41) is 22.6. The minimum absolute atomic E-state index is 0.162. The second-order valence-electron chi connectivity index (χ2n) is 9.95. The molecule has 1 aliphatic rings. The molecule has 13 nitrogen and oxygen atoms in total. The molecule has 0 atom stereocenters. The van der Waals surface area contributed by atoms with E-state index in [1.165, 1.54) is 0 Å². The van der Waals surface area contributed by atoms with E-state index in [1.807, 2.05) is 30.3 Å². The lowest BCUT2D eigenvalue weighted by molar-refractivity contribution is 0.0511. The zero-order chi connectivity index (χ0) is 29.4. The number of carbonyl (C=O) groups is 1. The van der Waals surface area contributed by atoms with Crippen LogP contribution in [0.25, 0.3) is 0 Å². The molecule has 2 heterocycles. The molecule has 1 saturated carbocycles. The third kappa shape index (κ3) is 10.8. The van der Waals surface area contributed by atoms with E-state index in [0.29, 0.717) is 76.0 Å². The van der Waals surface area contributed by atoms with Gasteiger partial charge in [0.2, 0.25) is 17.8 Å². The van der Waals surface area contributed by atoms with Crippen LogP contribution in [-0.4, -0.2) is 82.6 Å². The number of rotatable bonds is 17. The van der Waals surface area contributed by atoms with E-state index in [4.69, 9.17) is 15.2 Å². The normalized spacial score (nSPS) is 16.5. The Morgan fingerprint density at radius 3 is 2.24 bits per heavy atom. The fraction of sp³-hybridized carbons (Fsp3) is 0.483. The Kier molecular flexibility index (Phi) is 12.7. The Morgan fingerprint density at radius 2 is 1.55 bits per heavy atom. The second-order valence-corrected chi connectivity index (χ2v) is 9.95. The van der Waals surface area contributed by atoms with Crippen molar-refractivity contribution >= 4 is 23.8 Å². The van der Waals surface area contributed by atoms with E-state index in [0.717, 1.165) is 36.9 Å². The van der Waals surface area contributed by atoms with Crippen LogP contribution in [0.15, 0.2) is 48.7 Å². The zero-order valence-electron chi connectivity index (χ0n) is 23.8. The minimum atomic E-state index is -0.238. The number of hydrogen-bond acceptors (Lipinski definition) is 12. The van der Waals surface area contributed by atoms with Crippen molar-refractivity contribution in [3.05, 3.63) is 65.5 Å². The molecule has 1 aromatic carbocycles. The number of carbonyl (C=O) groups excluding carboxylic acids is 1. The lowest BCUT2D eigenvalue weighted by atomic mass is 9.93. The maximum absolute atomic E-state index is 12.4. The summed E-state index contributed by atoms with van der Waals surface area (Å²) in [6.45, 7) is 3.69. The van der Waals surface area contributed by atoms with Crippen LogP contribution < -0.4 is 27.0 Å². The molecule has 4 rings (SSSR count). The van der Waals surface area contributed by atoms with Crippen LogP contribution in [0, 0.1) is 0 Å². The summed E-state index contributed by atoms with van der Waals surface area (Å²) in [6.07, 6.45) is 4.72. The molecule has 0 bridgehead atoms. The Balaban J connectivity index is 1.29. The fourth-order valence-electron chi connectivity index (χ4n) is 4.37. The zero-order valence-corrected chi connectivity index (χ0v) is 23.8. The maximum Gasteiger partial charge on any atom is 0.251 e. The summed E-state index contributed by atoms with van der Waals surface area (Å²) in [4.78, 5) is 30.5. The predicted molar refractivity (Wildman–Crippen MR) is 160 cm³/mol. The Labute approximate surface area is 246 Å². The van der Waals surface area contributed by atoms with Crippen molar-refractivity contribution in [2.45, 2.75) is 50.9 Å². The molecule has 3 aromatic rings. The van der Waals surface area contributed by atoms with Crippen molar-refractivity contribution in [2.75, 3.05) is 55.5 Å². The SMILES string of the molecule is NCCOCCOCCNC(=O)c1ccc(CNc2nc(NCc3ccccn3)nc(NC3CCC(O)CC3)n2)cc1. The van der Waals surface area contributed by atoms with E-state index < -0.39 is 0 Å². The largest absolute Gasteiger partial charge is 0.393 e. The van der Waals surface area contributed by atoms with E-state index in [-0.39, 0.29) is 18.1 Å². The summed E-state index contributed by atoms with van der Waals surface area (Å²) >= 11 is 0. The first kappa shape index (κ1) is 31.0. The molecule has 13 heteroatoms. The number of pyridine rings is 1. The van der Waals surface area contributed by atoms with Crippen LogP contribution in [0.4, 0.5) is 17.8 Å². The first-order chi connectivity index (χ1) is 20.6. The number of aliphatic hydroxyl groups is 1. The first-order valence-electron chi connectivity index (χ1n) is 14.4. The number of amides is 1. The lowest BCUT2D eigenvalue weighted by Gasteiger charge is -2.26. The summed E-state index contributed by atoms with van der Waals surface area (Å²) in [7, 11) is 0. The van der Waals surface area contributed by atoms with Crippen LogP contribution in [-0.2, 0) is 22.6 Å². The number of benzene rings is 1. The topological polar surface area (TPSA) is 181 Å². The summed E-state index contributed by atoms with van der Waals surface area (Å²) in [5.74, 6) is 1.15. The molecule has 0 radical (unpaired) electrons. The number of anilines is 3. The van der Waals surface area contributed by atoms with Crippen molar-refractivity contribution in [1.29, 1.82) is 0 Å². The van der Waals surface area contributed by atoms with Crippen LogP contribution in [0.2, 0.25) is 0 Å². The van der Waals surface area contributed by atoms with Gasteiger partial charge in [0.05, 0.1) is 44.8 Å². The highest BCUT2D eigenvalue weighted by Gasteiger charge is 2.20. The molecule has 42 heavy (non-hydrogen) atoms. The third-order valence-corrected chi connectivity index (χ3v) is 6.65. The number of ether oxygens (including phenoxy) is 2. The van der Waals surface area contributed by atoms with Gasteiger partial charge in [-0.3, -0.25) is 9.78 Å². The molecule has 2 aromatic heterocycles. The fourth-order valence-corrected chi connectivity index (χ4v) is 4.37. The molecule has 1 fully saturated rings. The van der Waals surface area contributed by atoms with Gasteiger partial charge in [0, 0.05) is 37.4 Å². The summed E-state index contributed by atoms with van der Waals surface area (Å²) in [5.41, 5.74) is 7.76. The van der Waals surface area contributed by atoms with Crippen LogP contribution in [0.3, 0.4) is 0 Å². The number of nitrogens with zero attached hydrogens (tertiary/aromatic N) is 4. The molecular weight excluding hydrogens is 538 g/mol. The first-order valence-corrected chi connectivity index (χ1v) is 14.4. The number of hydrogen-bond donors (Lipinski definition) is 6. The Hall–Kier alpha value is -3.91. The van der Waals surface area contributed by atoms with E-state index >= 15 is 0 Å². The van der Waals surface area contributed by atoms with Crippen molar-refractivity contribution in [3.63, 3.8) is 0 Å². The second kappa shape index (κ2) is 17.1. The summed E-state index contributed by atoms with van der Waals surface area (Å²) in [6, 6.07) is 13.3. The van der Waals surface area contributed by atoms with Gasteiger partial charge in [0.15, 0.2) is 0 Å². The molecule has 1 amide bonds. The molecule has 0 spiro atoms. The summed E-state index contributed by atoms with van der Waals surface area (Å²) < 4.78 is 10.7. The molecule has 226 valence electrons. The van der Waals surface area contributed by atoms with Crippen molar-refractivity contribution in [2.24, 2.45) is 5.73 Å². The number of nitrogens with one attached hydrogen (secondary N) is 4. The van der Waals surface area contributed by atoms with Gasteiger partial charge in [-0.1, -0.05) is 18.2 Å². The van der Waals surface area contributed by atoms with E-state index in [2.05, 4.69) is 41.2 Å². The highest BCUT2D eigenvalue weighted by molar-refractivity contribution is 5.94. The van der Waals surface area contributed by atoms with Gasteiger partial charge < -0.3 is 41.6 Å². The van der Waals surface area contributed by atoms with E-state index in [9.17, 15) is 9.90 Å². The van der Waals surface area contributed by atoms with E-state index in [1.54, 1.807) is 18.3 Å². The maximum atomic E-state index is 12.4. The van der Waals surface area contributed by atoms with Crippen LogP contribution in [0.1, 0.15) is 47.3 Å². The molecule has 0 aliphatic heterocycles. The molecule has 0 unspecified atom stereocenters. The van der Waals surface area contributed by atoms with Crippen LogP contribution in [0.5, 0.6) is 0 Å². The Bertz CT molecular complexity index is 1210. The van der Waals surface area contributed by atoms with Crippen molar-refractivity contribution < 1.29 is 19.4 Å². The number of aromatic nitrogens is 4. The predicted octanol–water partition coefficient (Wildman–Crippen LogP) is 1.93. The average molecular weight is 580 g/mol. The molecule has 1 aliphatic carbocycles. The van der Waals surface area contributed by atoms with Gasteiger partial charge >= 0.3 is 0 Å². The highest BCUT2D eigenvalue weighted by Crippen LogP contribution is 2.22. The van der Waals surface area contributed by atoms with Gasteiger partial charge in [-0.05, 0) is 55.5 Å². The standard InChI is InChI=1S/C29H41N9O4/c30-12-15-41-17-18-42-16-14-32-26(40)22-6-4-21(5-7-22)19-33-27-36-28(34-20-24-3-1-2-13-31-24)38-29(37-27)35-23-8-10-25(39)11-9-23/h1-7,13,23,25,39H,8-12,14-20,30H2,(H,32,40)(H3,33,34,35,36,37,38). The molecular formula is C29H41N9O4. The quantitative estimate of drug-likeness (QED) is 0.128. The number of aliphatic hydroxyl groups excluding tert-OH is 1. The van der Waals surface area contributed by atoms with Crippen molar-refractivity contribution in [3.8, 4) is 0 Å². The third-order valence-electron chi connectivity index (χ3n) is 6.65. The highest BCUT2D eigenvalue weighted by atomic mass is 16.5. The monoisotopic (exact) mass is 579 g/mol. The lowest BCUT2D eigenvalue weighted by Crippen LogP contribution is -2.29. The number of nitrogens with two attached hydrogens (primary N) is 1. The van der Waals surface area contributed by atoms with Gasteiger partial charge in [-0.2, -0.15) is 15.0 Å². The van der Waals surface area contributed by atoms with Gasteiger partial charge in [0.25, 0.3) is 5.91 Å². The molecule has 7 N–H and O–H groups in total. The van der Waals surface area contributed by atoms with Gasteiger partial charge in [0.1, 0.15) is 0 Å².